The fourth-order valence-corrected chi connectivity index (χ4v) is 3.52. The molecule has 0 N–H and O–H groups in total. The van der Waals surface area contributed by atoms with Gasteiger partial charge in [0.15, 0.2) is 0 Å². The van der Waals surface area contributed by atoms with Crippen LogP contribution in [0.2, 0.25) is 0 Å². The zero-order valence-corrected chi connectivity index (χ0v) is 14.0. The molecule has 118 valence electrons. The molecule has 0 fully saturated rings. The first-order chi connectivity index (χ1) is 10.3. The highest BCUT2D eigenvalue weighted by atomic mass is 32.2. The van der Waals surface area contributed by atoms with E-state index in [0.717, 1.165) is 16.7 Å². The molecule has 0 saturated carbocycles. The van der Waals surface area contributed by atoms with Gasteiger partial charge in [-0.25, -0.2) is 8.42 Å². The Morgan fingerprint density at radius 1 is 1.18 bits per heavy atom. The number of rotatable bonds is 6. The highest BCUT2D eigenvalue weighted by molar-refractivity contribution is 7.90. The Bertz CT molecular complexity index is 714. The summed E-state index contributed by atoms with van der Waals surface area (Å²) in [6.45, 7) is 2.65. The standard InChI is InChI=1S/C17H22N2O2S/c1-14(13-22(3,20)21)19(2)12-15-6-4-7-16(10-15)17-8-5-9-18-11-17/h4-11,14H,12-13H2,1-3H3/t14-/m1/s1. The maximum absolute atomic E-state index is 11.4. The smallest absolute Gasteiger partial charge is 0.148 e. The lowest BCUT2D eigenvalue weighted by Crippen LogP contribution is -2.34. The van der Waals surface area contributed by atoms with Gasteiger partial charge in [-0.15, -0.1) is 0 Å². The van der Waals surface area contributed by atoms with Crippen LogP contribution in [0.4, 0.5) is 0 Å². The van der Waals surface area contributed by atoms with E-state index in [4.69, 9.17) is 0 Å². The van der Waals surface area contributed by atoms with Crippen molar-refractivity contribution in [2.45, 2.75) is 19.5 Å². The third kappa shape index (κ3) is 4.93. The number of aromatic nitrogens is 1. The van der Waals surface area contributed by atoms with Crippen LogP contribution in [0.1, 0.15) is 12.5 Å². The Balaban J connectivity index is 2.10. The van der Waals surface area contributed by atoms with Crippen molar-refractivity contribution in [1.82, 2.24) is 9.88 Å². The molecule has 0 aliphatic rings. The minimum absolute atomic E-state index is 0.0166. The van der Waals surface area contributed by atoms with Crippen LogP contribution in [0.5, 0.6) is 0 Å². The van der Waals surface area contributed by atoms with Crippen LogP contribution in [-0.4, -0.2) is 43.4 Å². The van der Waals surface area contributed by atoms with Gasteiger partial charge in [0.25, 0.3) is 0 Å². The lowest BCUT2D eigenvalue weighted by Gasteiger charge is -2.24. The van der Waals surface area contributed by atoms with Crippen LogP contribution in [0.15, 0.2) is 48.8 Å². The van der Waals surface area contributed by atoms with Gasteiger partial charge in [0.2, 0.25) is 0 Å². The molecular formula is C17H22N2O2S. The van der Waals surface area contributed by atoms with Gasteiger partial charge >= 0.3 is 0 Å². The molecule has 2 aromatic rings. The predicted octanol–water partition coefficient (Wildman–Crippen LogP) is 2.61. The molecule has 22 heavy (non-hydrogen) atoms. The van der Waals surface area contributed by atoms with Crippen molar-refractivity contribution >= 4 is 9.84 Å². The topological polar surface area (TPSA) is 50.3 Å². The second kappa shape index (κ2) is 7.03. The summed E-state index contributed by atoms with van der Waals surface area (Å²) >= 11 is 0. The summed E-state index contributed by atoms with van der Waals surface area (Å²) in [5, 5.41) is 0. The van der Waals surface area contributed by atoms with E-state index in [1.165, 1.54) is 6.26 Å². The van der Waals surface area contributed by atoms with Crippen molar-refractivity contribution in [3.05, 3.63) is 54.4 Å². The summed E-state index contributed by atoms with van der Waals surface area (Å²) in [5.41, 5.74) is 3.36. The molecule has 0 unspecified atom stereocenters. The van der Waals surface area contributed by atoms with E-state index in [0.29, 0.717) is 6.54 Å². The lowest BCUT2D eigenvalue weighted by molar-refractivity contribution is 0.267. The van der Waals surface area contributed by atoms with Crippen molar-refractivity contribution in [3.8, 4) is 11.1 Å². The van der Waals surface area contributed by atoms with E-state index in [9.17, 15) is 8.42 Å². The first-order valence-electron chi connectivity index (χ1n) is 7.22. The molecule has 0 aliphatic carbocycles. The van der Waals surface area contributed by atoms with Gasteiger partial charge in [0, 0.05) is 31.2 Å². The molecule has 4 nitrogen and oxygen atoms in total. The third-order valence-electron chi connectivity index (χ3n) is 3.65. The van der Waals surface area contributed by atoms with Gasteiger partial charge < -0.3 is 0 Å². The van der Waals surface area contributed by atoms with E-state index >= 15 is 0 Å². The fourth-order valence-electron chi connectivity index (χ4n) is 2.39. The largest absolute Gasteiger partial charge is 0.298 e. The average Bonchev–Trinajstić information content (AvgIpc) is 2.46. The monoisotopic (exact) mass is 318 g/mol. The van der Waals surface area contributed by atoms with Crippen LogP contribution >= 0.6 is 0 Å². The molecule has 1 heterocycles. The third-order valence-corrected chi connectivity index (χ3v) is 4.74. The van der Waals surface area contributed by atoms with Crippen LogP contribution in [0.25, 0.3) is 11.1 Å². The molecule has 1 atom stereocenters. The average molecular weight is 318 g/mol. The first kappa shape index (κ1) is 16.6. The van der Waals surface area contributed by atoms with Crippen molar-refractivity contribution in [2.24, 2.45) is 0 Å². The molecule has 0 amide bonds. The highest BCUT2D eigenvalue weighted by Crippen LogP contribution is 2.20. The summed E-state index contributed by atoms with van der Waals surface area (Å²) < 4.78 is 22.8. The Morgan fingerprint density at radius 3 is 2.55 bits per heavy atom. The molecule has 0 aliphatic heterocycles. The SMILES string of the molecule is C[C@H](CS(C)(=O)=O)N(C)Cc1cccc(-c2cccnc2)c1. The first-order valence-corrected chi connectivity index (χ1v) is 9.28. The van der Waals surface area contributed by atoms with E-state index < -0.39 is 9.84 Å². The number of hydrogen-bond acceptors (Lipinski definition) is 4. The number of benzene rings is 1. The van der Waals surface area contributed by atoms with E-state index in [1.54, 1.807) is 6.20 Å². The van der Waals surface area contributed by atoms with Crippen molar-refractivity contribution < 1.29 is 8.42 Å². The molecule has 1 aromatic heterocycles. The minimum atomic E-state index is -2.96. The lowest BCUT2D eigenvalue weighted by atomic mass is 10.0. The van der Waals surface area contributed by atoms with Gasteiger partial charge in [0.05, 0.1) is 5.75 Å². The number of sulfone groups is 1. The Labute approximate surface area is 132 Å². The predicted molar refractivity (Wildman–Crippen MR) is 90.3 cm³/mol. The van der Waals surface area contributed by atoms with Gasteiger partial charge in [-0.05, 0) is 42.8 Å². The molecular weight excluding hydrogens is 296 g/mol. The number of nitrogens with zero attached hydrogens (tertiary/aromatic N) is 2. The Kier molecular flexibility index (Phi) is 5.32. The molecule has 2 rings (SSSR count). The molecule has 0 saturated heterocycles. The second-order valence-electron chi connectivity index (χ2n) is 5.80. The normalized spacial score (nSPS) is 13.3. The Hall–Kier alpha value is -1.72. The second-order valence-corrected chi connectivity index (χ2v) is 7.98. The summed E-state index contributed by atoms with van der Waals surface area (Å²) in [5.74, 6) is 0.172. The van der Waals surface area contributed by atoms with Crippen molar-refractivity contribution in [1.29, 1.82) is 0 Å². The van der Waals surface area contributed by atoms with Crippen molar-refractivity contribution in [3.63, 3.8) is 0 Å². The maximum atomic E-state index is 11.4. The zero-order chi connectivity index (χ0) is 16.2. The van der Waals surface area contributed by atoms with Gasteiger partial charge in [0.1, 0.15) is 9.84 Å². The van der Waals surface area contributed by atoms with E-state index in [1.807, 2.05) is 38.4 Å². The zero-order valence-electron chi connectivity index (χ0n) is 13.2. The summed E-state index contributed by atoms with van der Waals surface area (Å²) in [6, 6.07) is 12.2. The fraction of sp³-hybridized carbons (Fsp3) is 0.353. The molecule has 0 radical (unpaired) electrons. The summed E-state index contributed by atoms with van der Waals surface area (Å²) in [4.78, 5) is 6.20. The van der Waals surface area contributed by atoms with Gasteiger partial charge in [-0.1, -0.05) is 24.3 Å². The summed E-state index contributed by atoms with van der Waals surface area (Å²) in [7, 11) is -1.01. The Morgan fingerprint density at radius 2 is 1.91 bits per heavy atom. The number of pyridine rings is 1. The van der Waals surface area contributed by atoms with Crippen LogP contribution < -0.4 is 0 Å². The molecule has 0 bridgehead atoms. The molecule has 5 heteroatoms. The van der Waals surface area contributed by atoms with Crippen LogP contribution in [0, 0.1) is 0 Å². The quantitative estimate of drug-likeness (QED) is 0.821. The van der Waals surface area contributed by atoms with E-state index in [2.05, 4.69) is 28.1 Å². The van der Waals surface area contributed by atoms with Gasteiger partial charge in [-0.2, -0.15) is 0 Å². The van der Waals surface area contributed by atoms with Gasteiger partial charge in [-0.3, -0.25) is 9.88 Å². The molecule has 1 aromatic carbocycles. The maximum Gasteiger partial charge on any atom is 0.148 e. The minimum Gasteiger partial charge on any atom is -0.298 e. The number of hydrogen-bond donors (Lipinski definition) is 0. The van der Waals surface area contributed by atoms with Crippen LogP contribution in [-0.2, 0) is 16.4 Å². The molecule has 0 spiro atoms. The van der Waals surface area contributed by atoms with Crippen molar-refractivity contribution in [2.75, 3.05) is 19.1 Å². The van der Waals surface area contributed by atoms with Crippen LogP contribution in [0.3, 0.4) is 0 Å². The summed E-state index contributed by atoms with van der Waals surface area (Å²) in [6.07, 6.45) is 4.88. The highest BCUT2D eigenvalue weighted by Gasteiger charge is 2.15. The van der Waals surface area contributed by atoms with E-state index in [-0.39, 0.29) is 11.8 Å².